The second-order valence-electron chi connectivity index (χ2n) is 3.63. The van der Waals surface area contributed by atoms with Crippen LogP contribution in [-0.2, 0) is 0 Å². The smallest absolute Gasteiger partial charge is 0.0960 e. The molecule has 0 radical (unpaired) electrons. The van der Waals surface area contributed by atoms with Gasteiger partial charge in [-0.2, -0.15) is 0 Å². The summed E-state index contributed by atoms with van der Waals surface area (Å²) in [5.74, 6) is 0. The highest BCUT2D eigenvalue weighted by atomic mass is 79.9. The average molecular weight is 371 g/mol. The molecule has 0 nitrogen and oxygen atoms in total. The summed E-state index contributed by atoms with van der Waals surface area (Å²) in [5.41, 5.74) is 1.93. The third-order valence-electron chi connectivity index (χ3n) is 2.36. The minimum atomic E-state index is -0.267. The maximum Gasteiger partial charge on any atom is 0.0960 e. The number of hydrogen-bond acceptors (Lipinski definition) is 1. The van der Waals surface area contributed by atoms with Gasteiger partial charge in [-0.3, -0.25) is 0 Å². The number of rotatable bonds is 2. The highest BCUT2D eigenvalue weighted by molar-refractivity contribution is 9.10. The molecule has 1 unspecified atom stereocenters. The van der Waals surface area contributed by atoms with Crippen molar-refractivity contribution in [3.05, 3.63) is 54.1 Å². The summed E-state index contributed by atoms with van der Waals surface area (Å²) in [7, 11) is 0. The van der Waals surface area contributed by atoms with E-state index in [2.05, 4.69) is 15.9 Å². The van der Waals surface area contributed by atoms with Gasteiger partial charge in [-0.1, -0.05) is 39.1 Å². The first-order valence-corrected chi connectivity index (χ1v) is 7.64. The Morgan fingerprint density at radius 2 is 1.94 bits per heavy atom. The van der Waals surface area contributed by atoms with Crippen LogP contribution in [0.5, 0.6) is 0 Å². The Balaban J connectivity index is 2.42. The first kappa shape index (κ1) is 13.7. The van der Waals surface area contributed by atoms with Crippen LogP contribution in [-0.4, -0.2) is 0 Å². The van der Waals surface area contributed by atoms with Crippen LogP contribution in [0.1, 0.15) is 21.4 Å². The average Bonchev–Trinajstić information content (AvgIpc) is 2.62. The predicted octanol–water partition coefficient (Wildman–Crippen LogP) is 6.45. The zero-order valence-electron chi connectivity index (χ0n) is 8.81. The van der Waals surface area contributed by atoms with Crippen LogP contribution in [0, 0.1) is 6.92 Å². The fourth-order valence-electron chi connectivity index (χ4n) is 1.47. The maximum absolute atomic E-state index is 6.44. The van der Waals surface area contributed by atoms with Crippen molar-refractivity contribution in [2.75, 3.05) is 0 Å². The molecule has 0 fully saturated rings. The molecule has 1 atom stereocenters. The summed E-state index contributed by atoms with van der Waals surface area (Å²) < 4.78 is 1.73. The molecule has 0 bridgehead atoms. The van der Waals surface area contributed by atoms with Crippen LogP contribution in [0.4, 0.5) is 0 Å². The lowest BCUT2D eigenvalue weighted by Gasteiger charge is -2.10. The third-order valence-corrected chi connectivity index (χ3v) is 5.41. The Morgan fingerprint density at radius 3 is 2.53 bits per heavy atom. The molecule has 2 rings (SSSR count). The van der Waals surface area contributed by atoms with Crippen molar-refractivity contribution in [2.24, 2.45) is 0 Å². The molecule has 0 aliphatic carbocycles. The van der Waals surface area contributed by atoms with Gasteiger partial charge in [0.15, 0.2) is 0 Å². The largest absolute Gasteiger partial charge is 0.126 e. The van der Waals surface area contributed by atoms with E-state index in [4.69, 9.17) is 34.8 Å². The molecule has 2 aromatic rings. The fraction of sp³-hybridized carbons (Fsp3) is 0.167. The summed E-state index contributed by atoms with van der Waals surface area (Å²) in [4.78, 5) is 1.01. The number of hydrogen-bond donors (Lipinski definition) is 0. The quantitative estimate of drug-likeness (QED) is 0.533. The van der Waals surface area contributed by atoms with Crippen LogP contribution in [0.25, 0.3) is 0 Å². The molecule has 1 aromatic carbocycles. The van der Waals surface area contributed by atoms with Crippen LogP contribution in [0.15, 0.2) is 28.7 Å². The van der Waals surface area contributed by atoms with Crippen LogP contribution in [0.3, 0.4) is 0 Å². The zero-order chi connectivity index (χ0) is 12.6. The highest BCUT2D eigenvalue weighted by Crippen LogP contribution is 2.40. The normalized spacial score (nSPS) is 12.8. The SMILES string of the molecule is Cc1cc(C(Cl)c2cc(Br)ccc2Cl)sc1Cl. The molecule has 1 heterocycles. The number of halogens is 4. The standard InChI is InChI=1S/C12H8BrCl3S/c1-6-4-10(17-12(6)16)11(15)8-5-7(13)2-3-9(8)14/h2-5,11H,1H3. The number of thiophene rings is 1. The summed E-state index contributed by atoms with van der Waals surface area (Å²) in [6.45, 7) is 1.97. The van der Waals surface area contributed by atoms with Crippen molar-refractivity contribution < 1.29 is 0 Å². The Bertz CT molecular complexity index is 531. The number of aryl methyl sites for hydroxylation is 1. The first-order valence-electron chi connectivity index (χ1n) is 4.84. The van der Waals surface area contributed by atoms with Gasteiger partial charge in [-0.05, 0) is 42.3 Å². The molecule has 0 N–H and O–H groups in total. The number of alkyl halides is 1. The molecule has 0 amide bonds. The van der Waals surface area contributed by atoms with Crippen molar-refractivity contribution in [2.45, 2.75) is 12.3 Å². The van der Waals surface area contributed by atoms with E-state index in [1.165, 1.54) is 11.3 Å². The van der Waals surface area contributed by atoms with E-state index in [0.717, 1.165) is 24.8 Å². The lowest BCUT2D eigenvalue weighted by Crippen LogP contribution is -1.91. The zero-order valence-corrected chi connectivity index (χ0v) is 13.5. The summed E-state index contributed by atoms with van der Waals surface area (Å²) in [5, 5.41) is 0.395. The van der Waals surface area contributed by atoms with Crippen molar-refractivity contribution in [3.63, 3.8) is 0 Å². The van der Waals surface area contributed by atoms with Gasteiger partial charge in [0.25, 0.3) is 0 Å². The molecule has 5 heteroatoms. The number of benzene rings is 1. The summed E-state index contributed by atoms with van der Waals surface area (Å²) >= 11 is 23.6. The van der Waals surface area contributed by atoms with Crippen LogP contribution < -0.4 is 0 Å². The van der Waals surface area contributed by atoms with Crippen molar-refractivity contribution in [1.29, 1.82) is 0 Å². The molecular weight excluding hydrogens is 362 g/mol. The lowest BCUT2D eigenvalue weighted by atomic mass is 10.1. The molecule has 0 aliphatic rings. The Labute approximate surface area is 128 Å². The minimum absolute atomic E-state index is 0.267. The van der Waals surface area contributed by atoms with Crippen molar-refractivity contribution >= 4 is 62.1 Å². The Kier molecular flexibility index (Phi) is 4.43. The van der Waals surface area contributed by atoms with Gasteiger partial charge in [0, 0.05) is 14.4 Å². The second-order valence-corrected chi connectivity index (χ2v) is 7.08. The highest BCUT2D eigenvalue weighted by Gasteiger charge is 2.17. The molecule has 17 heavy (non-hydrogen) atoms. The van der Waals surface area contributed by atoms with E-state index in [1.54, 1.807) is 0 Å². The molecular formula is C12H8BrCl3S. The van der Waals surface area contributed by atoms with Gasteiger partial charge < -0.3 is 0 Å². The predicted molar refractivity (Wildman–Crippen MR) is 80.9 cm³/mol. The molecule has 1 aromatic heterocycles. The lowest BCUT2D eigenvalue weighted by molar-refractivity contribution is 1.18. The topological polar surface area (TPSA) is 0 Å². The van der Waals surface area contributed by atoms with Crippen LogP contribution in [0.2, 0.25) is 9.36 Å². The summed E-state index contributed by atoms with van der Waals surface area (Å²) in [6, 6.07) is 7.66. The van der Waals surface area contributed by atoms with E-state index in [9.17, 15) is 0 Å². The van der Waals surface area contributed by atoms with E-state index < -0.39 is 0 Å². The molecule has 90 valence electrons. The van der Waals surface area contributed by atoms with Gasteiger partial charge in [-0.25, -0.2) is 0 Å². The van der Waals surface area contributed by atoms with E-state index >= 15 is 0 Å². The fourth-order valence-corrected chi connectivity index (χ4v) is 3.72. The molecule has 0 saturated heterocycles. The van der Waals surface area contributed by atoms with Gasteiger partial charge >= 0.3 is 0 Å². The minimum Gasteiger partial charge on any atom is -0.126 e. The van der Waals surface area contributed by atoms with Gasteiger partial charge in [0.05, 0.1) is 9.71 Å². The first-order chi connectivity index (χ1) is 7.99. The Hall–Kier alpha value is 0.270. The molecule has 0 aliphatic heterocycles. The maximum atomic E-state index is 6.44. The van der Waals surface area contributed by atoms with Crippen LogP contribution >= 0.6 is 62.1 Å². The van der Waals surface area contributed by atoms with Crippen molar-refractivity contribution in [3.8, 4) is 0 Å². The van der Waals surface area contributed by atoms with Gasteiger partial charge in [0.1, 0.15) is 0 Å². The van der Waals surface area contributed by atoms with E-state index in [1.807, 2.05) is 31.2 Å². The van der Waals surface area contributed by atoms with E-state index in [-0.39, 0.29) is 5.38 Å². The summed E-state index contributed by atoms with van der Waals surface area (Å²) in [6.07, 6.45) is 0. The Morgan fingerprint density at radius 1 is 1.24 bits per heavy atom. The van der Waals surface area contributed by atoms with Gasteiger partial charge in [0.2, 0.25) is 0 Å². The molecule has 0 saturated carbocycles. The molecule has 0 spiro atoms. The second kappa shape index (κ2) is 5.50. The monoisotopic (exact) mass is 368 g/mol. The van der Waals surface area contributed by atoms with Crippen molar-refractivity contribution in [1.82, 2.24) is 0 Å². The van der Waals surface area contributed by atoms with Gasteiger partial charge in [-0.15, -0.1) is 22.9 Å². The van der Waals surface area contributed by atoms with E-state index in [0.29, 0.717) is 5.02 Å². The third kappa shape index (κ3) is 2.99.